The lowest BCUT2D eigenvalue weighted by Gasteiger charge is -2.12. The first kappa shape index (κ1) is 19.2. The molecule has 0 saturated heterocycles. The lowest BCUT2D eigenvalue weighted by molar-refractivity contribution is 0.154. The Labute approximate surface area is 138 Å². The van der Waals surface area contributed by atoms with Crippen LogP contribution in [0, 0.1) is 0 Å². The first-order chi connectivity index (χ1) is 10.9. The smallest absolute Gasteiger partial charge is 0.191 e. The Bertz CT molecular complexity index is 602. The Kier molecular flexibility index (Phi) is 8.42. The van der Waals surface area contributed by atoms with E-state index in [4.69, 9.17) is 9.47 Å². The van der Waals surface area contributed by atoms with Crippen molar-refractivity contribution in [2.75, 3.05) is 45.9 Å². The van der Waals surface area contributed by atoms with Crippen molar-refractivity contribution in [1.29, 1.82) is 0 Å². The van der Waals surface area contributed by atoms with E-state index in [1.54, 1.807) is 14.2 Å². The van der Waals surface area contributed by atoms with Crippen LogP contribution >= 0.6 is 0 Å². The average Bonchev–Trinajstić information content (AvgIpc) is 2.52. The molecule has 0 saturated carbocycles. The molecule has 0 aromatic heterocycles. The summed E-state index contributed by atoms with van der Waals surface area (Å²) in [5.74, 6) is 1.50. The third-order valence-corrected chi connectivity index (χ3v) is 3.86. The Morgan fingerprint density at radius 3 is 2.70 bits per heavy atom. The second kappa shape index (κ2) is 10.1. The van der Waals surface area contributed by atoms with Crippen LogP contribution < -0.4 is 15.4 Å². The molecule has 0 aliphatic carbocycles. The molecule has 0 spiro atoms. The number of benzene rings is 1. The zero-order chi connectivity index (χ0) is 17.1. The highest BCUT2D eigenvalue weighted by Gasteiger charge is 2.02. The van der Waals surface area contributed by atoms with Gasteiger partial charge in [-0.05, 0) is 17.7 Å². The van der Waals surface area contributed by atoms with Crippen LogP contribution in [0.2, 0.25) is 0 Å². The fourth-order valence-electron chi connectivity index (χ4n) is 1.74. The van der Waals surface area contributed by atoms with Gasteiger partial charge in [0.2, 0.25) is 0 Å². The number of hydrogen-bond donors (Lipinski definition) is 2. The summed E-state index contributed by atoms with van der Waals surface area (Å²) >= 11 is 0. The van der Waals surface area contributed by atoms with Gasteiger partial charge >= 0.3 is 0 Å². The van der Waals surface area contributed by atoms with Crippen molar-refractivity contribution < 1.29 is 17.9 Å². The number of nitrogens with zero attached hydrogens (tertiary/aromatic N) is 1. The summed E-state index contributed by atoms with van der Waals surface area (Å²) in [6.45, 7) is 1.78. The summed E-state index contributed by atoms with van der Waals surface area (Å²) in [5.41, 5.74) is 1.08. The lowest BCUT2D eigenvalue weighted by Crippen LogP contribution is -2.38. The molecule has 7 nitrogen and oxygen atoms in total. The van der Waals surface area contributed by atoms with Crippen LogP contribution in [0.5, 0.6) is 5.75 Å². The van der Waals surface area contributed by atoms with Crippen molar-refractivity contribution in [2.24, 2.45) is 4.99 Å². The Morgan fingerprint density at radius 1 is 1.26 bits per heavy atom. The fraction of sp³-hybridized carbons (Fsp3) is 0.533. The van der Waals surface area contributed by atoms with E-state index in [0.29, 0.717) is 25.7 Å². The summed E-state index contributed by atoms with van der Waals surface area (Å²) in [5, 5.41) is 6.28. The molecule has 0 aliphatic heterocycles. The van der Waals surface area contributed by atoms with Gasteiger partial charge in [-0.1, -0.05) is 12.1 Å². The minimum atomic E-state index is -2.97. The van der Waals surface area contributed by atoms with Crippen LogP contribution in [-0.4, -0.2) is 60.3 Å². The SMILES string of the molecule is CN=C(NCCOCCS(C)(=O)=O)NCc1cccc(OC)c1. The van der Waals surface area contributed by atoms with Gasteiger partial charge in [0.25, 0.3) is 0 Å². The topological polar surface area (TPSA) is 89.0 Å². The molecular formula is C15H25N3O4S. The van der Waals surface area contributed by atoms with Crippen LogP contribution in [-0.2, 0) is 21.1 Å². The van der Waals surface area contributed by atoms with E-state index in [1.165, 1.54) is 6.26 Å². The van der Waals surface area contributed by atoms with Crippen molar-refractivity contribution in [3.63, 3.8) is 0 Å². The summed E-state index contributed by atoms with van der Waals surface area (Å²) in [7, 11) is 0.353. The number of hydrogen-bond acceptors (Lipinski definition) is 5. The maximum Gasteiger partial charge on any atom is 0.191 e. The van der Waals surface area contributed by atoms with Gasteiger partial charge in [0.1, 0.15) is 15.6 Å². The number of sulfone groups is 1. The van der Waals surface area contributed by atoms with Crippen molar-refractivity contribution >= 4 is 15.8 Å². The molecule has 0 bridgehead atoms. The highest BCUT2D eigenvalue weighted by atomic mass is 32.2. The van der Waals surface area contributed by atoms with Gasteiger partial charge in [-0.15, -0.1) is 0 Å². The Hall–Kier alpha value is -1.80. The molecule has 8 heteroatoms. The summed E-state index contributed by atoms with van der Waals surface area (Å²) in [6, 6.07) is 7.78. The maximum absolute atomic E-state index is 11.0. The third kappa shape index (κ3) is 9.04. The zero-order valence-corrected chi connectivity index (χ0v) is 14.6. The van der Waals surface area contributed by atoms with Crippen LogP contribution in [0.3, 0.4) is 0 Å². The van der Waals surface area contributed by atoms with Crippen molar-refractivity contribution in [1.82, 2.24) is 10.6 Å². The summed E-state index contributed by atoms with van der Waals surface area (Å²) in [4.78, 5) is 4.11. The van der Waals surface area contributed by atoms with Gasteiger partial charge in [-0.3, -0.25) is 4.99 Å². The van der Waals surface area contributed by atoms with Crippen LogP contribution in [0.1, 0.15) is 5.56 Å². The molecule has 1 aromatic rings. The molecule has 0 radical (unpaired) electrons. The molecule has 2 N–H and O–H groups in total. The first-order valence-corrected chi connectivity index (χ1v) is 9.33. The van der Waals surface area contributed by atoms with Crippen molar-refractivity contribution in [3.05, 3.63) is 29.8 Å². The molecule has 0 amide bonds. The van der Waals surface area contributed by atoms with E-state index >= 15 is 0 Å². The van der Waals surface area contributed by atoms with Gasteiger partial charge in [-0.2, -0.15) is 0 Å². The molecule has 0 unspecified atom stereocenters. The first-order valence-electron chi connectivity index (χ1n) is 7.27. The number of nitrogens with one attached hydrogen (secondary N) is 2. The lowest BCUT2D eigenvalue weighted by atomic mass is 10.2. The average molecular weight is 343 g/mol. The van der Waals surface area contributed by atoms with E-state index in [9.17, 15) is 8.42 Å². The molecule has 0 fully saturated rings. The van der Waals surface area contributed by atoms with Gasteiger partial charge in [0, 0.05) is 26.4 Å². The molecule has 130 valence electrons. The minimum Gasteiger partial charge on any atom is -0.497 e. The Balaban J connectivity index is 2.24. The number of guanidine groups is 1. The van der Waals surface area contributed by atoms with Gasteiger partial charge in [0.15, 0.2) is 5.96 Å². The number of aliphatic imine (C=N–C) groups is 1. The van der Waals surface area contributed by atoms with Gasteiger partial charge in [-0.25, -0.2) is 8.42 Å². The van der Waals surface area contributed by atoms with E-state index in [1.807, 2.05) is 24.3 Å². The standard InChI is InChI=1S/C15H25N3O4S/c1-16-15(17-7-8-22-9-10-23(3,19)20)18-12-13-5-4-6-14(11-13)21-2/h4-6,11H,7-10,12H2,1-3H3,(H2,16,17,18). The normalized spacial score (nSPS) is 12.0. The summed E-state index contributed by atoms with van der Waals surface area (Å²) < 4.78 is 32.3. The Morgan fingerprint density at radius 2 is 2.04 bits per heavy atom. The second-order valence-corrected chi connectivity index (χ2v) is 7.21. The summed E-state index contributed by atoms with van der Waals surface area (Å²) in [6.07, 6.45) is 1.19. The zero-order valence-electron chi connectivity index (χ0n) is 13.8. The fourth-order valence-corrected chi connectivity index (χ4v) is 2.16. The molecule has 1 aromatic carbocycles. The highest BCUT2D eigenvalue weighted by molar-refractivity contribution is 7.90. The van der Waals surface area contributed by atoms with E-state index in [0.717, 1.165) is 11.3 Å². The van der Waals surface area contributed by atoms with Gasteiger partial charge < -0.3 is 20.1 Å². The van der Waals surface area contributed by atoms with Crippen LogP contribution in [0.25, 0.3) is 0 Å². The van der Waals surface area contributed by atoms with Crippen molar-refractivity contribution in [3.8, 4) is 5.75 Å². The monoisotopic (exact) mass is 343 g/mol. The predicted octanol–water partition coefficient (Wildman–Crippen LogP) is 0.421. The molecule has 1 rings (SSSR count). The van der Waals surface area contributed by atoms with Gasteiger partial charge in [0.05, 0.1) is 26.1 Å². The molecule has 0 aliphatic rings. The largest absolute Gasteiger partial charge is 0.497 e. The maximum atomic E-state index is 11.0. The second-order valence-electron chi connectivity index (χ2n) is 4.95. The highest BCUT2D eigenvalue weighted by Crippen LogP contribution is 2.11. The van der Waals surface area contributed by atoms with Crippen molar-refractivity contribution in [2.45, 2.75) is 6.54 Å². The molecule has 0 heterocycles. The van der Waals surface area contributed by atoms with Crippen LogP contribution in [0.15, 0.2) is 29.3 Å². The quantitative estimate of drug-likeness (QED) is 0.384. The molecule has 0 atom stereocenters. The third-order valence-electron chi connectivity index (χ3n) is 2.96. The minimum absolute atomic E-state index is 0.0375. The number of methoxy groups -OCH3 is 1. The molecule has 23 heavy (non-hydrogen) atoms. The van der Waals surface area contributed by atoms with E-state index in [-0.39, 0.29) is 12.4 Å². The predicted molar refractivity (Wildman–Crippen MR) is 91.7 cm³/mol. The number of rotatable bonds is 9. The van der Waals surface area contributed by atoms with Crippen LogP contribution in [0.4, 0.5) is 0 Å². The van der Waals surface area contributed by atoms with E-state index in [2.05, 4.69) is 15.6 Å². The molecular weight excluding hydrogens is 318 g/mol. The number of ether oxygens (including phenoxy) is 2. The van der Waals surface area contributed by atoms with E-state index < -0.39 is 9.84 Å².